The molecule has 2 amide bonds. The molecular weight excluding hydrogens is 446 g/mol. The molecule has 2 heterocycles. The van der Waals surface area contributed by atoms with E-state index in [2.05, 4.69) is 20.8 Å². The van der Waals surface area contributed by atoms with E-state index in [0.717, 1.165) is 16.8 Å². The quantitative estimate of drug-likeness (QED) is 0.396. The van der Waals surface area contributed by atoms with Crippen LogP contribution in [0.2, 0.25) is 5.02 Å². The monoisotopic (exact) mass is 465 g/mol. The molecule has 0 saturated heterocycles. The minimum atomic E-state index is -0.235. The van der Waals surface area contributed by atoms with Crippen LogP contribution in [-0.4, -0.2) is 32.2 Å². The van der Waals surface area contributed by atoms with Gasteiger partial charge in [-0.3, -0.25) is 14.0 Å². The number of nitrogens with one attached hydrogen (secondary N) is 2. The second kappa shape index (κ2) is 9.84. The molecular formula is C23H20ClN5O2S. The average Bonchev–Trinajstić information content (AvgIpc) is 3.21. The molecule has 0 bridgehead atoms. The van der Waals surface area contributed by atoms with E-state index in [1.54, 1.807) is 34.9 Å². The smallest absolute Gasteiger partial charge is 0.257 e. The fourth-order valence-electron chi connectivity index (χ4n) is 2.93. The normalized spacial score (nSPS) is 10.8. The molecule has 32 heavy (non-hydrogen) atoms. The molecule has 0 atom stereocenters. The SMILES string of the molecule is Cc1ccc(NC(=O)c2ccc3nnc(SCC(=O)NCc4ccc(Cl)cc4)n3c2)cc1. The number of benzene rings is 2. The number of carbonyl (C=O) groups excluding carboxylic acids is 2. The number of carbonyl (C=O) groups is 2. The largest absolute Gasteiger partial charge is 0.351 e. The molecule has 2 aromatic carbocycles. The van der Waals surface area contributed by atoms with Gasteiger partial charge in [0, 0.05) is 23.5 Å². The first kappa shape index (κ1) is 21.9. The van der Waals surface area contributed by atoms with Crippen molar-refractivity contribution in [3.05, 3.63) is 88.6 Å². The first-order valence-corrected chi connectivity index (χ1v) is 11.2. The van der Waals surface area contributed by atoms with E-state index < -0.39 is 0 Å². The maximum absolute atomic E-state index is 12.6. The molecule has 0 radical (unpaired) electrons. The summed E-state index contributed by atoms with van der Waals surface area (Å²) in [4.78, 5) is 24.9. The van der Waals surface area contributed by atoms with Crippen LogP contribution in [-0.2, 0) is 11.3 Å². The van der Waals surface area contributed by atoms with E-state index in [1.165, 1.54) is 11.8 Å². The molecule has 4 rings (SSSR count). The second-order valence-corrected chi connectivity index (χ2v) is 8.52. The Morgan fingerprint density at radius 1 is 1.00 bits per heavy atom. The van der Waals surface area contributed by atoms with Gasteiger partial charge < -0.3 is 10.6 Å². The third-order valence-corrected chi connectivity index (χ3v) is 5.87. The summed E-state index contributed by atoms with van der Waals surface area (Å²) < 4.78 is 1.71. The van der Waals surface area contributed by atoms with Gasteiger partial charge in [0.05, 0.1) is 11.3 Å². The van der Waals surface area contributed by atoms with E-state index in [0.29, 0.717) is 27.9 Å². The van der Waals surface area contributed by atoms with E-state index in [-0.39, 0.29) is 17.6 Å². The number of amides is 2. The lowest BCUT2D eigenvalue weighted by atomic mass is 10.2. The molecule has 162 valence electrons. The molecule has 0 saturated carbocycles. The predicted molar refractivity (Wildman–Crippen MR) is 126 cm³/mol. The van der Waals surface area contributed by atoms with Crippen LogP contribution in [0.4, 0.5) is 5.69 Å². The van der Waals surface area contributed by atoms with Gasteiger partial charge in [-0.1, -0.05) is 53.2 Å². The fourth-order valence-corrected chi connectivity index (χ4v) is 3.80. The van der Waals surface area contributed by atoms with Crippen molar-refractivity contribution in [3.63, 3.8) is 0 Å². The van der Waals surface area contributed by atoms with E-state index in [1.807, 2.05) is 43.3 Å². The Labute approximate surface area is 194 Å². The van der Waals surface area contributed by atoms with Crippen LogP contribution in [0.5, 0.6) is 0 Å². The van der Waals surface area contributed by atoms with Crippen molar-refractivity contribution in [2.24, 2.45) is 0 Å². The van der Waals surface area contributed by atoms with Crippen molar-refractivity contribution >= 4 is 46.5 Å². The zero-order valence-electron chi connectivity index (χ0n) is 17.2. The molecule has 4 aromatic rings. The number of rotatable bonds is 7. The number of hydrogen-bond donors (Lipinski definition) is 2. The molecule has 0 spiro atoms. The highest BCUT2D eigenvalue weighted by Gasteiger charge is 2.13. The summed E-state index contributed by atoms with van der Waals surface area (Å²) in [5, 5.41) is 15.2. The maximum atomic E-state index is 12.6. The minimum absolute atomic E-state index is 0.130. The Morgan fingerprint density at radius 3 is 2.50 bits per heavy atom. The lowest BCUT2D eigenvalue weighted by Gasteiger charge is -2.07. The van der Waals surface area contributed by atoms with Crippen LogP contribution in [0.25, 0.3) is 5.65 Å². The van der Waals surface area contributed by atoms with E-state index in [4.69, 9.17) is 11.6 Å². The van der Waals surface area contributed by atoms with Crippen LogP contribution >= 0.6 is 23.4 Å². The van der Waals surface area contributed by atoms with Crippen molar-refractivity contribution in [2.45, 2.75) is 18.6 Å². The van der Waals surface area contributed by atoms with Crippen molar-refractivity contribution < 1.29 is 9.59 Å². The maximum Gasteiger partial charge on any atom is 0.257 e. The number of anilines is 1. The number of nitrogens with zero attached hydrogens (tertiary/aromatic N) is 3. The third kappa shape index (κ3) is 5.46. The lowest BCUT2D eigenvalue weighted by Crippen LogP contribution is -2.24. The number of thioether (sulfide) groups is 1. The van der Waals surface area contributed by atoms with E-state index in [9.17, 15) is 9.59 Å². The summed E-state index contributed by atoms with van der Waals surface area (Å²) in [5.41, 5.74) is 3.86. The highest BCUT2D eigenvalue weighted by molar-refractivity contribution is 7.99. The molecule has 2 N–H and O–H groups in total. The Balaban J connectivity index is 1.38. The van der Waals surface area contributed by atoms with Gasteiger partial charge in [0.25, 0.3) is 5.91 Å². The number of pyridine rings is 1. The number of aromatic nitrogens is 3. The third-order valence-electron chi connectivity index (χ3n) is 4.68. The average molecular weight is 466 g/mol. The number of fused-ring (bicyclic) bond motifs is 1. The zero-order chi connectivity index (χ0) is 22.5. The number of halogens is 1. The van der Waals surface area contributed by atoms with Gasteiger partial charge in [-0.25, -0.2) is 0 Å². The van der Waals surface area contributed by atoms with Crippen LogP contribution in [0.15, 0.2) is 72.0 Å². The standard InChI is InChI=1S/C23H20ClN5O2S/c1-15-2-9-19(10-3-15)26-22(31)17-6-11-20-27-28-23(29(20)13-17)32-14-21(30)25-12-16-4-7-18(24)8-5-16/h2-11,13H,12,14H2,1H3,(H,25,30)(H,26,31). The van der Waals surface area contributed by atoms with Gasteiger partial charge in [0.2, 0.25) is 5.91 Å². The Morgan fingerprint density at radius 2 is 1.75 bits per heavy atom. The van der Waals surface area contributed by atoms with Crippen LogP contribution < -0.4 is 10.6 Å². The Hall–Kier alpha value is -3.36. The first-order valence-electron chi connectivity index (χ1n) is 9.85. The van der Waals surface area contributed by atoms with Gasteiger partial charge in [-0.2, -0.15) is 0 Å². The van der Waals surface area contributed by atoms with Crippen molar-refractivity contribution in [1.82, 2.24) is 19.9 Å². The summed E-state index contributed by atoms with van der Waals surface area (Å²) in [6.07, 6.45) is 1.67. The molecule has 0 aliphatic carbocycles. The van der Waals surface area contributed by atoms with Crippen LogP contribution in [0.3, 0.4) is 0 Å². The Bertz CT molecular complexity index is 1260. The van der Waals surface area contributed by atoms with Gasteiger partial charge in [-0.15, -0.1) is 10.2 Å². The van der Waals surface area contributed by atoms with Gasteiger partial charge in [-0.05, 0) is 48.9 Å². The summed E-state index contributed by atoms with van der Waals surface area (Å²) >= 11 is 7.13. The molecule has 2 aromatic heterocycles. The minimum Gasteiger partial charge on any atom is -0.351 e. The molecule has 7 nitrogen and oxygen atoms in total. The number of hydrogen-bond acceptors (Lipinski definition) is 5. The fraction of sp³-hybridized carbons (Fsp3) is 0.130. The number of aryl methyl sites for hydroxylation is 1. The topological polar surface area (TPSA) is 88.4 Å². The summed E-state index contributed by atoms with van der Waals surface area (Å²) in [7, 11) is 0. The van der Waals surface area contributed by atoms with Gasteiger partial charge >= 0.3 is 0 Å². The highest BCUT2D eigenvalue weighted by Crippen LogP contribution is 2.18. The summed E-state index contributed by atoms with van der Waals surface area (Å²) in [6.45, 7) is 2.41. The van der Waals surface area contributed by atoms with Crippen molar-refractivity contribution in [2.75, 3.05) is 11.1 Å². The van der Waals surface area contributed by atoms with Crippen molar-refractivity contribution in [1.29, 1.82) is 0 Å². The molecule has 0 aliphatic rings. The zero-order valence-corrected chi connectivity index (χ0v) is 18.8. The molecule has 9 heteroatoms. The lowest BCUT2D eigenvalue weighted by molar-refractivity contribution is -0.118. The van der Waals surface area contributed by atoms with Crippen molar-refractivity contribution in [3.8, 4) is 0 Å². The van der Waals surface area contributed by atoms with Gasteiger partial charge in [0.1, 0.15) is 0 Å². The van der Waals surface area contributed by atoms with Crippen LogP contribution in [0, 0.1) is 6.92 Å². The summed E-state index contributed by atoms with van der Waals surface area (Å²) in [5.74, 6) is -0.190. The first-order chi connectivity index (χ1) is 15.5. The van der Waals surface area contributed by atoms with Crippen LogP contribution in [0.1, 0.15) is 21.5 Å². The molecule has 0 fully saturated rings. The van der Waals surface area contributed by atoms with E-state index >= 15 is 0 Å². The predicted octanol–water partition coefficient (Wildman–Crippen LogP) is 4.35. The highest BCUT2D eigenvalue weighted by atomic mass is 35.5. The molecule has 0 aliphatic heterocycles. The Kier molecular flexibility index (Phi) is 6.72. The second-order valence-electron chi connectivity index (χ2n) is 7.14. The molecule has 0 unspecified atom stereocenters. The van der Waals surface area contributed by atoms with Gasteiger partial charge in [0.15, 0.2) is 10.8 Å². The summed E-state index contributed by atoms with van der Waals surface area (Å²) in [6, 6.07) is 18.3.